The van der Waals surface area contributed by atoms with Gasteiger partial charge < -0.3 is 131 Å². The Hall–Kier alpha value is -12.4. The maximum Gasteiger partial charge on any atom is 0.307 e. The molecule has 3 aliphatic heterocycles. The van der Waals surface area contributed by atoms with Crippen LogP contribution in [0.5, 0.6) is 11.5 Å². The summed E-state index contributed by atoms with van der Waals surface area (Å²) in [5.41, 5.74) is 0.0799. The van der Waals surface area contributed by atoms with Gasteiger partial charge in [0.15, 0.2) is 55.5 Å². The van der Waals surface area contributed by atoms with Crippen LogP contribution < -0.4 is 36.1 Å². The fourth-order valence-corrected chi connectivity index (χ4v) is 15.7. The number of unbranched alkanes of at least 4 members (excludes halogenated alkanes) is 3. The highest BCUT2D eigenvalue weighted by Crippen LogP contribution is 2.43. The number of hydrogen-bond donors (Lipinski definition) is 5. The Labute approximate surface area is 806 Å². The van der Waals surface area contributed by atoms with Crippen LogP contribution in [-0.2, 0) is 172 Å². The summed E-state index contributed by atoms with van der Waals surface area (Å²) in [5, 5.41) is 13.7. The second kappa shape index (κ2) is 59.8. The van der Waals surface area contributed by atoms with Gasteiger partial charge in [0.05, 0.1) is 27.2 Å². The van der Waals surface area contributed by atoms with Crippen LogP contribution in [0.3, 0.4) is 0 Å². The van der Waals surface area contributed by atoms with E-state index >= 15 is 4.79 Å². The van der Waals surface area contributed by atoms with Gasteiger partial charge in [-0.15, -0.1) is 0 Å². The molecule has 44 heteroatoms. The second-order valence-electron chi connectivity index (χ2n) is 33.1. The molecule has 0 radical (unpaired) electrons. The highest BCUT2D eigenvalue weighted by atomic mass is 16.7. The third-order valence-corrected chi connectivity index (χ3v) is 21.7. The van der Waals surface area contributed by atoms with E-state index in [1.165, 1.54) is 51.7 Å². The number of rotatable bonds is 58. The van der Waals surface area contributed by atoms with Gasteiger partial charge in [-0.25, -0.2) is 0 Å². The van der Waals surface area contributed by atoms with Crippen LogP contribution in [-0.4, -0.2) is 314 Å². The van der Waals surface area contributed by atoms with Crippen molar-refractivity contribution in [2.24, 2.45) is 0 Å². The van der Waals surface area contributed by atoms with Crippen LogP contribution in [0.15, 0.2) is 78.9 Å². The average Bonchev–Trinajstić information content (AvgIpc) is 0.746. The van der Waals surface area contributed by atoms with Crippen molar-refractivity contribution in [2.45, 2.75) is 284 Å². The number of esters is 10. The first-order valence-electron chi connectivity index (χ1n) is 46.0. The highest BCUT2D eigenvalue weighted by molar-refractivity contribution is 5.86. The lowest BCUT2D eigenvalue weighted by Crippen LogP contribution is -2.66. The van der Waals surface area contributed by atoms with Gasteiger partial charge in [0.2, 0.25) is 41.5 Å². The normalized spacial score (nSPS) is 21.1. The van der Waals surface area contributed by atoms with E-state index in [4.69, 9.17) is 90.0 Å². The van der Waals surface area contributed by atoms with Crippen molar-refractivity contribution in [3.05, 3.63) is 95.6 Å². The molecular weight excluding hydrogens is 1830 g/mol. The molecule has 0 spiro atoms. The molecule has 0 saturated carbocycles. The van der Waals surface area contributed by atoms with E-state index in [1.807, 2.05) is 12.1 Å². The number of hydrogen-bond acceptors (Lipinski definition) is 37. The predicted molar refractivity (Wildman–Crippen MR) is 483 cm³/mol. The Morgan fingerprint density at radius 2 is 0.691 bits per heavy atom. The highest BCUT2D eigenvalue weighted by Gasteiger charge is 2.55. The van der Waals surface area contributed by atoms with E-state index in [1.54, 1.807) is 66.7 Å². The molecule has 3 aromatic carbocycles. The largest absolute Gasteiger partial charge is 0.497 e. The molecule has 5 N–H and O–H groups in total. The van der Waals surface area contributed by atoms with Gasteiger partial charge in [0.1, 0.15) is 79.1 Å². The standard InChI is InChI=1S/C95H133N7O37/c1-56(103)33-42-81(119)136-77(55-129-95(69-28-17-16-18-29-69,70-34-38-72(121-14)39-35-70)71-36-40-73(122-15)41-37-71)91(120)102(46-26-44-97-79(117)31-20-23-50-124-93-83(99-58(3)105)89(134-67(12)114)86(131-64(9)111)75(138-93)53-127-61(6)108)48-27-47-101(80(118)32-21-24-51-125-94-84(100-59(4)106)90(135-68(13)115)87(132-65(10)112)76(139-94)54-128-62(7)109)45-25-43-96-78(116)30-19-22-49-123-92-82(98-57(2)104)88(133-66(11)113)85(130-63(8)110)74(137-92)52-126-60(5)107/h16-18,28-29,34-41,74-77,82-90,92-94H,19-27,30-33,42-55H2,1-15H3,(H,96,116)(H,97,117)(H,98,104)(H,99,105)(H,100,106)/t74?,75?,76?,77?,82?,83?,84?,85-,86-,87-,88+,89+,90+,92+,93+,94+/m0/s1. The molecule has 3 saturated heterocycles. The second-order valence-corrected chi connectivity index (χ2v) is 33.1. The molecule has 0 aliphatic carbocycles. The van der Waals surface area contributed by atoms with Crippen molar-refractivity contribution in [3.63, 3.8) is 0 Å². The Bertz CT molecular complexity index is 4510. The summed E-state index contributed by atoms with van der Waals surface area (Å²) < 4.78 is 110. The summed E-state index contributed by atoms with van der Waals surface area (Å²) in [6.07, 6.45) is -17.5. The topological polar surface area (TPSA) is 549 Å². The van der Waals surface area contributed by atoms with Crippen LogP contribution in [0.4, 0.5) is 0 Å². The van der Waals surface area contributed by atoms with E-state index in [0.29, 0.717) is 28.2 Å². The molecule has 44 nitrogen and oxygen atoms in total. The van der Waals surface area contributed by atoms with Crippen LogP contribution in [0.1, 0.15) is 197 Å². The van der Waals surface area contributed by atoms with Crippen molar-refractivity contribution >= 4 is 107 Å². The number of methoxy groups -OCH3 is 2. The van der Waals surface area contributed by atoms with Gasteiger partial charge in [-0.1, -0.05) is 54.6 Å². The van der Waals surface area contributed by atoms with Crippen LogP contribution >= 0.6 is 0 Å². The minimum absolute atomic E-state index is 0.0117. The lowest BCUT2D eigenvalue weighted by atomic mass is 9.80. The van der Waals surface area contributed by atoms with E-state index in [0.717, 1.165) is 62.3 Å². The average molecular weight is 1970 g/mol. The maximum absolute atomic E-state index is 16.0. The van der Waals surface area contributed by atoms with Gasteiger partial charge in [0.25, 0.3) is 5.91 Å². The summed E-state index contributed by atoms with van der Waals surface area (Å²) in [7, 11) is 3.01. The summed E-state index contributed by atoms with van der Waals surface area (Å²) in [4.78, 5) is 237. The van der Waals surface area contributed by atoms with E-state index in [-0.39, 0.29) is 148 Å². The predicted octanol–water partition coefficient (Wildman–Crippen LogP) is 3.88. The minimum Gasteiger partial charge on any atom is -0.497 e. The van der Waals surface area contributed by atoms with Gasteiger partial charge in [-0.3, -0.25) is 81.5 Å². The van der Waals surface area contributed by atoms with Crippen LogP contribution in [0.2, 0.25) is 0 Å². The van der Waals surface area contributed by atoms with Crippen LogP contribution in [0.25, 0.3) is 0 Å². The molecule has 3 aromatic rings. The first kappa shape index (κ1) is 115. The Morgan fingerprint density at radius 3 is 1.03 bits per heavy atom. The molecule has 770 valence electrons. The third kappa shape index (κ3) is 39.8. The molecule has 3 heterocycles. The molecule has 3 aliphatic rings. The van der Waals surface area contributed by atoms with Crippen molar-refractivity contribution < 1.29 is 176 Å². The number of amides is 7. The number of ether oxygens (including phenoxy) is 19. The zero-order chi connectivity index (χ0) is 102. The van der Waals surface area contributed by atoms with E-state index < -0.39 is 238 Å². The lowest BCUT2D eigenvalue weighted by molar-refractivity contribution is -0.277. The van der Waals surface area contributed by atoms with Gasteiger partial charge >= 0.3 is 59.7 Å². The Balaban J connectivity index is 1.30. The first-order chi connectivity index (χ1) is 66.1. The molecule has 3 fully saturated rings. The van der Waals surface area contributed by atoms with Crippen molar-refractivity contribution in [2.75, 3.05) is 99.7 Å². The number of nitrogens with zero attached hydrogens (tertiary/aromatic N) is 2. The van der Waals surface area contributed by atoms with Crippen LogP contribution in [0, 0.1) is 0 Å². The molecule has 16 atom stereocenters. The lowest BCUT2D eigenvalue weighted by Gasteiger charge is -2.44. The summed E-state index contributed by atoms with van der Waals surface area (Å²) in [6.45, 7) is 12.1. The SMILES string of the molecule is COc1ccc(C(OCC(OC(=O)CCC(C)=O)C(=O)N(CCCNC(=O)CCCCO[C@@H]2OC(COC(C)=O)[C@H](OC(C)=O)[C@H](OC(C)=O)C2NC(C)=O)CCCN(CCCNC(=O)CCCCO[C@@H]2OC(COC(C)=O)[C@H](OC(C)=O)[C@H](OC(C)=O)C2NC(C)=O)C(=O)CCCCO[C@@H]2OC(COC(C)=O)[C@H](OC(C)=O)[C@H](OC(C)=O)C2NC(C)=O)(c2ccccc2)c2ccc(OC)cc2)cc1. The van der Waals surface area contributed by atoms with Crippen molar-refractivity contribution in [1.82, 2.24) is 36.4 Å². The smallest absolute Gasteiger partial charge is 0.307 e. The zero-order valence-corrected chi connectivity index (χ0v) is 81.3. The number of carbonyl (C=O) groups is 18. The number of ketones is 1. The molecule has 7 unspecified atom stereocenters. The Morgan fingerprint density at radius 1 is 0.360 bits per heavy atom. The number of nitrogens with one attached hydrogen (secondary N) is 5. The van der Waals surface area contributed by atoms with E-state index in [2.05, 4.69) is 26.6 Å². The molecule has 0 aromatic heterocycles. The number of benzene rings is 3. The molecule has 139 heavy (non-hydrogen) atoms. The third-order valence-electron chi connectivity index (χ3n) is 21.7. The molecule has 0 bridgehead atoms. The summed E-state index contributed by atoms with van der Waals surface area (Å²) in [6, 6.07) is 19.3. The molecule has 7 amide bonds. The number of Topliss-reactive ketones (excluding diaryl/α,β-unsaturated/α-hetero) is 1. The van der Waals surface area contributed by atoms with Gasteiger partial charge in [-0.05, 0) is 106 Å². The fourth-order valence-electron chi connectivity index (χ4n) is 15.7. The van der Waals surface area contributed by atoms with Gasteiger partial charge in [0, 0.05) is 168 Å². The molecule has 6 rings (SSSR count). The van der Waals surface area contributed by atoms with E-state index in [9.17, 15) is 81.5 Å². The quantitative estimate of drug-likeness (QED) is 0.0232. The van der Waals surface area contributed by atoms with Crippen molar-refractivity contribution in [3.8, 4) is 11.5 Å². The Kier molecular flexibility index (Phi) is 49.6. The summed E-state index contributed by atoms with van der Waals surface area (Å²) >= 11 is 0. The number of carbonyl (C=O) groups excluding carboxylic acids is 18. The molecular formula is C95H133N7O37. The van der Waals surface area contributed by atoms with Crippen molar-refractivity contribution in [1.29, 1.82) is 0 Å². The minimum atomic E-state index is -1.76. The van der Waals surface area contributed by atoms with Gasteiger partial charge in [-0.2, -0.15) is 0 Å². The monoisotopic (exact) mass is 1960 g/mol. The fraction of sp³-hybridized carbons (Fsp3) is 0.621. The summed E-state index contributed by atoms with van der Waals surface area (Å²) in [5.74, 6) is -11.1. The maximum atomic E-state index is 16.0. The first-order valence-corrected chi connectivity index (χ1v) is 46.0. The zero-order valence-electron chi connectivity index (χ0n) is 81.3.